The summed E-state index contributed by atoms with van der Waals surface area (Å²) in [6.45, 7) is 11.6. The van der Waals surface area contributed by atoms with Gasteiger partial charge in [0.2, 0.25) is 11.8 Å². The summed E-state index contributed by atoms with van der Waals surface area (Å²) in [6, 6.07) is 8.05. The first-order valence-corrected chi connectivity index (χ1v) is 13.0. The Morgan fingerprint density at radius 1 is 0.949 bits per heavy atom. The van der Waals surface area contributed by atoms with E-state index in [-0.39, 0.29) is 32.7 Å². The molecule has 0 saturated carbocycles. The molecular weight excluding hydrogens is 506 g/mol. The fourth-order valence-electron chi connectivity index (χ4n) is 4.10. The summed E-state index contributed by atoms with van der Waals surface area (Å²) < 4.78 is 15.9. The minimum atomic E-state index is -1.04. The molecule has 0 radical (unpaired) electrons. The van der Waals surface area contributed by atoms with Gasteiger partial charge in [-0.15, -0.1) is 0 Å². The van der Waals surface area contributed by atoms with Crippen molar-refractivity contribution in [2.75, 3.05) is 26.2 Å². The Hall–Kier alpha value is -3.63. The maximum absolute atomic E-state index is 13.5. The second-order valence-corrected chi connectivity index (χ2v) is 11.6. The number of benzene rings is 1. The number of ether oxygens (including phenoxy) is 3. The van der Waals surface area contributed by atoms with Crippen molar-refractivity contribution in [3.05, 3.63) is 35.9 Å². The highest BCUT2D eigenvalue weighted by Crippen LogP contribution is 2.24. The Morgan fingerprint density at radius 2 is 1.54 bits per heavy atom. The van der Waals surface area contributed by atoms with Crippen molar-refractivity contribution in [2.45, 2.75) is 78.7 Å². The lowest BCUT2D eigenvalue weighted by atomic mass is 9.93. The highest BCUT2D eigenvalue weighted by Gasteiger charge is 2.42. The number of rotatable bonds is 9. The molecular formula is C28H41N3O8. The Balaban J connectivity index is 2.09. The molecule has 1 aromatic rings. The van der Waals surface area contributed by atoms with E-state index < -0.39 is 59.6 Å². The van der Waals surface area contributed by atoms with Crippen molar-refractivity contribution in [3.63, 3.8) is 0 Å². The molecule has 1 saturated heterocycles. The molecule has 2 atom stereocenters. The predicted octanol–water partition coefficient (Wildman–Crippen LogP) is 2.66. The maximum Gasteiger partial charge on any atom is 0.407 e. The molecule has 1 aliphatic heterocycles. The van der Waals surface area contributed by atoms with Crippen molar-refractivity contribution in [1.82, 2.24) is 15.1 Å². The molecule has 1 aliphatic rings. The molecule has 216 valence electrons. The predicted molar refractivity (Wildman–Crippen MR) is 142 cm³/mol. The van der Waals surface area contributed by atoms with Gasteiger partial charge in [-0.2, -0.15) is 0 Å². The van der Waals surface area contributed by atoms with Gasteiger partial charge in [-0.1, -0.05) is 37.3 Å². The van der Waals surface area contributed by atoms with E-state index >= 15 is 0 Å². The lowest BCUT2D eigenvalue weighted by Gasteiger charge is -2.43. The molecule has 0 aromatic heterocycles. The molecule has 11 nitrogen and oxygen atoms in total. The van der Waals surface area contributed by atoms with Crippen molar-refractivity contribution in [2.24, 2.45) is 5.92 Å². The van der Waals surface area contributed by atoms with Gasteiger partial charge in [-0.05, 0) is 53.0 Å². The lowest BCUT2D eigenvalue weighted by molar-refractivity contribution is -0.166. The average Bonchev–Trinajstić information content (AvgIpc) is 2.80. The molecule has 1 fully saturated rings. The number of carbonyl (C=O) groups excluding carboxylic acids is 5. The molecule has 1 N–H and O–H groups in total. The van der Waals surface area contributed by atoms with E-state index in [4.69, 9.17) is 14.2 Å². The fraction of sp³-hybridized carbons (Fsp3) is 0.607. The normalized spacial score (nSPS) is 16.8. The smallest absolute Gasteiger partial charge is 0.407 e. The highest BCUT2D eigenvalue weighted by atomic mass is 16.6. The number of hydrogen-bond acceptors (Lipinski definition) is 8. The quantitative estimate of drug-likeness (QED) is 0.369. The topological polar surface area (TPSA) is 132 Å². The van der Waals surface area contributed by atoms with Crippen molar-refractivity contribution in [3.8, 4) is 0 Å². The highest BCUT2D eigenvalue weighted by molar-refractivity contribution is 5.92. The molecule has 2 rings (SSSR count). The molecule has 0 spiro atoms. The zero-order valence-corrected chi connectivity index (χ0v) is 23.9. The number of hydrogen-bond donors (Lipinski definition) is 1. The first kappa shape index (κ1) is 31.6. The fourth-order valence-corrected chi connectivity index (χ4v) is 4.10. The second-order valence-electron chi connectivity index (χ2n) is 11.6. The van der Waals surface area contributed by atoms with E-state index in [9.17, 15) is 24.0 Å². The third-order valence-corrected chi connectivity index (χ3v) is 5.62. The third kappa shape index (κ3) is 10.9. The van der Waals surface area contributed by atoms with E-state index in [1.54, 1.807) is 60.6 Å². The minimum absolute atomic E-state index is 0.0399. The Morgan fingerprint density at radius 3 is 2.13 bits per heavy atom. The standard InChI is InChI=1S/C28H41N3O8/c1-19(15-22(33)38-27(2,3)4)24-25(35)30(17-23(34)39-28(5,6)7)13-14-31(24)21(32)16-29-26(36)37-18-20-11-9-8-10-12-20/h8-12,19,24H,13-18H2,1-7H3,(H,29,36)/t19?,24-/m0/s1. The van der Waals surface area contributed by atoms with Gasteiger partial charge in [0.25, 0.3) is 0 Å². The molecule has 39 heavy (non-hydrogen) atoms. The van der Waals surface area contributed by atoms with Crippen molar-refractivity contribution >= 4 is 29.8 Å². The third-order valence-electron chi connectivity index (χ3n) is 5.62. The minimum Gasteiger partial charge on any atom is -0.460 e. The van der Waals surface area contributed by atoms with Crippen LogP contribution < -0.4 is 5.32 Å². The number of piperazine rings is 1. The summed E-state index contributed by atoms with van der Waals surface area (Å²) in [7, 11) is 0. The molecule has 3 amide bonds. The summed E-state index contributed by atoms with van der Waals surface area (Å²) in [6.07, 6.45) is -0.898. The van der Waals surface area contributed by atoms with E-state index in [0.717, 1.165) is 5.56 Å². The number of amides is 3. The van der Waals surface area contributed by atoms with Gasteiger partial charge >= 0.3 is 18.0 Å². The number of alkyl carbamates (subject to hydrolysis) is 1. The largest absolute Gasteiger partial charge is 0.460 e. The van der Waals surface area contributed by atoms with Crippen LogP contribution in [0.2, 0.25) is 0 Å². The van der Waals surface area contributed by atoms with Crippen LogP contribution >= 0.6 is 0 Å². The van der Waals surface area contributed by atoms with Crippen LogP contribution in [0.5, 0.6) is 0 Å². The molecule has 0 bridgehead atoms. The van der Waals surface area contributed by atoms with E-state index in [0.29, 0.717) is 0 Å². The Labute approximate surface area is 230 Å². The number of nitrogens with one attached hydrogen (secondary N) is 1. The lowest BCUT2D eigenvalue weighted by Crippen LogP contribution is -2.63. The number of esters is 2. The van der Waals surface area contributed by atoms with Gasteiger partial charge in [0.1, 0.15) is 36.9 Å². The van der Waals surface area contributed by atoms with E-state index in [2.05, 4.69) is 5.32 Å². The van der Waals surface area contributed by atoms with Gasteiger partial charge in [0, 0.05) is 13.1 Å². The zero-order chi connectivity index (χ0) is 29.4. The Kier molecular flexibility index (Phi) is 10.9. The van der Waals surface area contributed by atoms with Crippen LogP contribution in [-0.4, -0.2) is 83.1 Å². The van der Waals surface area contributed by atoms with Crippen LogP contribution in [0.15, 0.2) is 30.3 Å². The van der Waals surface area contributed by atoms with Crippen LogP contribution in [0.1, 0.15) is 60.5 Å². The van der Waals surface area contributed by atoms with Crippen LogP contribution in [0.4, 0.5) is 4.79 Å². The van der Waals surface area contributed by atoms with Crippen LogP contribution in [0.3, 0.4) is 0 Å². The van der Waals surface area contributed by atoms with Gasteiger partial charge in [0.05, 0.1) is 6.42 Å². The maximum atomic E-state index is 13.5. The number of nitrogens with zero attached hydrogens (tertiary/aromatic N) is 2. The van der Waals surface area contributed by atoms with Gasteiger partial charge < -0.3 is 29.3 Å². The number of carbonyl (C=O) groups is 5. The second kappa shape index (κ2) is 13.4. The molecule has 1 aromatic carbocycles. The molecule has 11 heteroatoms. The van der Waals surface area contributed by atoms with Crippen molar-refractivity contribution in [1.29, 1.82) is 0 Å². The van der Waals surface area contributed by atoms with Crippen LogP contribution in [0, 0.1) is 5.92 Å². The van der Waals surface area contributed by atoms with Crippen LogP contribution in [0.25, 0.3) is 0 Å². The average molecular weight is 548 g/mol. The first-order valence-electron chi connectivity index (χ1n) is 13.0. The summed E-state index contributed by atoms with van der Waals surface area (Å²) in [5.74, 6) is -2.71. The SMILES string of the molecule is CC(CC(=O)OC(C)(C)C)[C@H]1C(=O)N(CC(=O)OC(C)(C)C)CCN1C(=O)CNC(=O)OCc1ccccc1. The van der Waals surface area contributed by atoms with E-state index in [1.165, 1.54) is 9.80 Å². The summed E-state index contributed by atoms with van der Waals surface area (Å²) in [5, 5.41) is 2.42. The molecule has 1 unspecified atom stereocenters. The summed E-state index contributed by atoms with van der Waals surface area (Å²) in [5.41, 5.74) is -0.640. The van der Waals surface area contributed by atoms with Gasteiger partial charge in [-0.3, -0.25) is 19.2 Å². The van der Waals surface area contributed by atoms with Gasteiger partial charge in [-0.25, -0.2) is 4.79 Å². The van der Waals surface area contributed by atoms with Gasteiger partial charge in [0.15, 0.2) is 0 Å². The molecule has 1 heterocycles. The summed E-state index contributed by atoms with van der Waals surface area (Å²) >= 11 is 0. The van der Waals surface area contributed by atoms with Crippen molar-refractivity contribution < 1.29 is 38.2 Å². The Bertz CT molecular complexity index is 1030. The first-order chi connectivity index (χ1) is 18.1. The monoisotopic (exact) mass is 547 g/mol. The summed E-state index contributed by atoms with van der Waals surface area (Å²) in [4.78, 5) is 66.4. The van der Waals surface area contributed by atoms with E-state index in [1.807, 2.05) is 18.2 Å². The molecule has 0 aliphatic carbocycles. The van der Waals surface area contributed by atoms with Crippen LogP contribution in [-0.2, 0) is 40.0 Å². The zero-order valence-electron chi connectivity index (χ0n) is 23.9.